The molecule has 8 heteroatoms. The maximum Gasteiger partial charge on any atom is 0.0760 e. The molecule has 0 aliphatic carbocycles. The van der Waals surface area contributed by atoms with Gasteiger partial charge < -0.3 is 0 Å². The SMILES string of the molecule is CP1(=S)SSP(C)(=S)SS1. The molecule has 1 heterocycles. The molecule has 0 amide bonds. The Hall–Kier alpha value is 2.70. The first kappa shape index (κ1) is 10.8. The van der Waals surface area contributed by atoms with E-state index >= 15 is 0 Å². The molecule has 0 radical (unpaired) electrons. The number of hydrogen-bond donors (Lipinski definition) is 0. The fourth-order valence-corrected chi connectivity index (χ4v) is 43.3. The second-order valence-electron chi connectivity index (χ2n) is 1.84. The van der Waals surface area contributed by atoms with Gasteiger partial charge >= 0.3 is 0 Å². The third-order valence-corrected chi connectivity index (χ3v) is 33.2. The topological polar surface area (TPSA) is 0 Å². The van der Waals surface area contributed by atoms with Gasteiger partial charge in [-0.1, -0.05) is 23.6 Å². The highest BCUT2D eigenvalue weighted by Gasteiger charge is 2.27. The van der Waals surface area contributed by atoms with E-state index in [1.54, 1.807) is 0 Å². The van der Waals surface area contributed by atoms with Crippen LogP contribution >= 0.6 is 50.5 Å². The van der Waals surface area contributed by atoms with Gasteiger partial charge in [-0.05, 0) is 55.0 Å². The monoisotopic (exact) mass is 284 g/mol. The second-order valence-corrected chi connectivity index (χ2v) is 30.0. The lowest BCUT2D eigenvalue weighted by atomic mass is 12.0. The lowest BCUT2D eigenvalue weighted by Gasteiger charge is -2.25. The molecule has 0 saturated carbocycles. The molecule has 10 heavy (non-hydrogen) atoms. The van der Waals surface area contributed by atoms with Crippen LogP contribution in [-0.4, -0.2) is 13.3 Å². The van der Waals surface area contributed by atoms with Crippen molar-refractivity contribution < 1.29 is 0 Å². The second kappa shape index (κ2) is 3.83. The minimum Gasteiger partial charge on any atom is -0.0729 e. The highest BCUT2D eigenvalue weighted by atomic mass is 33.9. The summed E-state index contributed by atoms with van der Waals surface area (Å²) in [6.07, 6.45) is 0. The van der Waals surface area contributed by atoms with Crippen LogP contribution < -0.4 is 0 Å². The maximum absolute atomic E-state index is 5.36. The van der Waals surface area contributed by atoms with Crippen LogP contribution in [0.25, 0.3) is 0 Å². The molecule has 0 nitrogen and oxygen atoms in total. The molecule has 1 saturated heterocycles. The number of hydrogen-bond acceptors (Lipinski definition) is 6. The van der Waals surface area contributed by atoms with E-state index in [-0.39, 0.29) is 0 Å². The average Bonchev–Trinajstić information content (AvgIpc) is 1.79. The predicted octanol–water partition coefficient (Wildman–Crippen LogP) is 4.64. The van der Waals surface area contributed by atoms with E-state index < -0.39 is 8.88 Å². The molecule has 0 aromatic carbocycles. The van der Waals surface area contributed by atoms with Gasteiger partial charge in [-0.25, -0.2) is 0 Å². The molecule has 1 aliphatic rings. The first-order valence-corrected chi connectivity index (χ1v) is 15.5. The minimum absolute atomic E-state index is 1.11. The van der Waals surface area contributed by atoms with Gasteiger partial charge in [-0.2, -0.15) is 0 Å². The minimum atomic E-state index is -1.11. The Kier molecular flexibility index (Phi) is 4.13. The van der Waals surface area contributed by atoms with Crippen LogP contribution in [-0.2, 0) is 23.6 Å². The summed E-state index contributed by atoms with van der Waals surface area (Å²) < 4.78 is -2.23. The van der Waals surface area contributed by atoms with Gasteiger partial charge in [0.2, 0.25) is 0 Å². The van der Waals surface area contributed by atoms with Crippen molar-refractivity contribution >= 4 is 74.2 Å². The third-order valence-electron chi connectivity index (χ3n) is 0.608. The van der Waals surface area contributed by atoms with Crippen molar-refractivity contribution in [2.45, 2.75) is 0 Å². The van der Waals surface area contributed by atoms with Crippen molar-refractivity contribution in [3.8, 4) is 0 Å². The van der Waals surface area contributed by atoms with Gasteiger partial charge in [0, 0.05) is 0 Å². The van der Waals surface area contributed by atoms with Crippen molar-refractivity contribution in [2.75, 3.05) is 13.3 Å². The molecule has 1 fully saturated rings. The number of rotatable bonds is 0. The van der Waals surface area contributed by atoms with E-state index in [9.17, 15) is 0 Å². The zero-order valence-electron chi connectivity index (χ0n) is 5.34. The zero-order valence-corrected chi connectivity index (χ0v) is 12.0. The summed E-state index contributed by atoms with van der Waals surface area (Å²) in [5.41, 5.74) is 0. The Labute approximate surface area is 86.6 Å². The Morgan fingerprint density at radius 1 is 0.800 bits per heavy atom. The van der Waals surface area contributed by atoms with E-state index in [0.717, 1.165) is 0 Å². The smallest absolute Gasteiger partial charge is 0.0729 e. The van der Waals surface area contributed by atoms with Crippen molar-refractivity contribution in [3.63, 3.8) is 0 Å². The maximum atomic E-state index is 5.36. The molecule has 1 aliphatic heterocycles. The van der Waals surface area contributed by atoms with Gasteiger partial charge in [-0.3, -0.25) is 0 Å². The lowest BCUT2D eigenvalue weighted by molar-refractivity contribution is 2.49. The molecule has 1 rings (SSSR count). The van der Waals surface area contributed by atoms with Gasteiger partial charge in [0.15, 0.2) is 0 Å². The lowest BCUT2D eigenvalue weighted by Crippen LogP contribution is -1.66. The predicted molar refractivity (Wildman–Crippen MR) is 70.8 cm³/mol. The summed E-state index contributed by atoms with van der Waals surface area (Å²) in [6, 6.07) is 0. The zero-order chi connectivity index (χ0) is 7.83. The molecule has 0 aromatic heterocycles. The highest BCUT2D eigenvalue weighted by Crippen LogP contribution is 2.93. The molecular formula is C2H6P2S6. The van der Waals surface area contributed by atoms with Gasteiger partial charge in [0.1, 0.15) is 0 Å². The van der Waals surface area contributed by atoms with Crippen molar-refractivity contribution in [3.05, 3.63) is 0 Å². The summed E-state index contributed by atoms with van der Waals surface area (Å²) in [6.45, 7) is 4.35. The van der Waals surface area contributed by atoms with Crippen molar-refractivity contribution in [2.24, 2.45) is 0 Å². The summed E-state index contributed by atoms with van der Waals surface area (Å²) >= 11 is 10.7. The Balaban J connectivity index is 2.63. The van der Waals surface area contributed by atoms with Crippen LogP contribution in [0.4, 0.5) is 0 Å². The van der Waals surface area contributed by atoms with Gasteiger partial charge in [-0.15, -0.1) is 0 Å². The van der Waals surface area contributed by atoms with E-state index in [1.807, 2.05) is 41.7 Å². The van der Waals surface area contributed by atoms with E-state index in [0.29, 0.717) is 0 Å². The highest BCUT2D eigenvalue weighted by molar-refractivity contribution is 9.51. The Bertz CT molecular complexity index is 182. The molecule has 0 N–H and O–H groups in total. The van der Waals surface area contributed by atoms with Crippen LogP contribution in [0.2, 0.25) is 0 Å². The summed E-state index contributed by atoms with van der Waals surface area (Å²) in [5.74, 6) is 0. The fraction of sp³-hybridized carbons (Fsp3) is 1.00. The van der Waals surface area contributed by atoms with Crippen LogP contribution in [0.3, 0.4) is 0 Å². The van der Waals surface area contributed by atoms with E-state index in [1.165, 1.54) is 0 Å². The summed E-state index contributed by atoms with van der Waals surface area (Å²) in [4.78, 5) is 0. The van der Waals surface area contributed by atoms with Crippen LogP contribution in [0.5, 0.6) is 0 Å². The van der Waals surface area contributed by atoms with Gasteiger partial charge in [0.25, 0.3) is 0 Å². The van der Waals surface area contributed by atoms with Crippen molar-refractivity contribution in [1.82, 2.24) is 0 Å². The van der Waals surface area contributed by atoms with Crippen LogP contribution in [0.1, 0.15) is 0 Å². The quantitative estimate of drug-likeness (QED) is 0.466. The normalized spacial score (nSPS) is 49.0. The fourth-order valence-electron chi connectivity index (χ4n) is 0.267. The summed E-state index contributed by atoms with van der Waals surface area (Å²) in [7, 11) is 7.43. The van der Waals surface area contributed by atoms with E-state index in [4.69, 9.17) is 23.6 Å². The molecule has 0 aromatic rings. The Morgan fingerprint density at radius 2 is 1.00 bits per heavy atom. The molecular weight excluding hydrogens is 278 g/mol. The third kappa shape index (κ3) is 3.61. The van der Waals surface area contributed by atoms with Crippen molar-refractivity contribution in [1.29, 1.82) is 0 Å². The Morgan fingerprint density at radius 3 is 1.20 bits per heavy atom. The van der Waals surface area contributed by atoms with Crippen LogP contribution in [0.15, 0.2) is 0 Å². The van der Waals surface area contributed by atoms with Gasteiger partial charge in [0.05, 0.1) is 8.88 Å². The largest absolute Gasteiger partial charge is 0.0760 e. The first-order valence-electron chi connectivity index (χ1n) is 2.32. The van der Waals surface area contributed by atoms with Crippen LogP contribution in [0, 0.1) is 0 Å². The average molecular weight is 284 g/mol. The molecule has 0 atom stereocenters. The van der Waals surface area contributed by atoms with E-state index in [2.05, 4.69) is 13.3 Å². The summed E-state index contributed by atoms with van der Waals surface area (Å²) in [5, 5.41) is 0. The molecule has 0 unspecified atom stereocenters. The molecule has 60 valence electrons. The molecule has 0 spiro atoms. The molecule has 0 bridgehead atoms. The first-order chi connectivity index (χ1) is 4.41. The standard InChI is InChI=1S/C2H6P2S6/c1-3(5)7-9-4(2,6)10-8-3/h1-2H3.